The summed E-state index contributed by atoms with van der Waals surface area (Å²) < 4.78 is 11.2. The molecule has 0 radical (unpaired) electrons. The predicted octanol–water partition coefficient (Wildman–Crippen LogP) is 3.24. The Labute approximate surface area is 105 Å². The zero-order valence-electron chi connectivity index (χ0n) is 10.3. The number of aliphatic carboxylic acids is 1. The molecule has 0 saturated heterocycles. The monoisotopic (exact) mass is 248 g/mol. The molecule has 0 aliphatic heterocycles. The SMILES string of the molecule is CCOc1cccc2cc(CCCC(=O)O)oc12. The zero-order chi connectivity index (χ0) is 13.0. The van der Waals surface area contributed by atoms with Crippen molar-refractivity contribution in [1.29, 1.82) is 0 Å². The van der Waals surface area contributed by atoms with Crippen molar-refractivity contribution in [3.8, 4) is 5.75 Å². The summed E-state index contributed by atoms with van der Waals surface area (Å²) in [5.41, 5.74) is 0.740. The average Bonchev–Trinajstić information content (AvgIpc) is 2.73. The summed E-state index contributed by atoms with van der Waals surface area (Å²) in [7, 11) is 0. The normalized spacial score (nSPS) is 10.7. The lowest BCUT2D eigenvalue weighted by Crippen LogP contribution is -1.95. The first kappa shape index (κ1) is 12.5. The van der Waals surface area contributed by atoms with Gasteiger partial charge >= 0.3 is 5.97 Å². The smallest absolute Gasteiger partial charge is 0.303 e. The van der Waals surface area contributed by atoms with Crippen LogP contribution in [0.15, 0.2) is 28.7 Å². The standard InChI is InChI=1S/C14H16O4/c1-2-17-12-7-3-5-10-9-11(18-14(10)12)6-4-8-13(15)16/h3,5,7,9H,2,4,6,8H2,1H3,(H,15,16). The highest BCUT2D eigenvalue weighted by Gasteiger charge is 2.09. The van der Waals surface area contributed by atoms with Crippen LogP contribution in [0.5, 0.6) is 5.75 Å². The fraction of sp³-hybridized carbons (Fsp3) is 0.357. The number of carboxylic acid groups (broad SMARTS) is 1. The Bertz CT molecular complexity index is 542. The molecule has 2 aromatic rings. The number of rotatable bonds is 6. The van der Waals surface area contributed by atoms with Gasteiger partial charge in [0.2, 0.25) is 0 Å². The van der Waals surface area contributed by atoms with E-state index in [1.54, 1.807) is 0 Å². The number of aryl methyl sites for hydroxylation is 1. The number of hydrogen-bond donors (Lipinski definition) is 1. The van der Waals surface area contributed by atoms with Crippen molar-refractivity contribution < 1.29 is 19.1 Å². The number of para-hydroxylation sites is 1. The van der Waals surface area contributed by atoms with Gasteiger partial charge in [-0.2, -0.15) is 0 Å². The third-order valence-electron chi connectivity index (χ3n) is 2.67. The Morgan fingerprint density at radius 3 is 3.00 bits per heavy atom. The molecule has 4 nitrogen and oxygen atoms in total. The summed E-state index contributed by atoms with van der Waals surface area (Å²) in [6.07, 6.45) is 1.38. The average molecular weight is 248 g/mol. The molecule has 0 aliphatic rings. The first-order valence-corrected chi connectivity index (χ1v) is 6.06. The van der Waals surface area contributed by atoms with E-state index in [2.05, 4.69) is 0 Å². The lowest BCUT2D eigenvalue weighted by atomic mass is 10.2. The molecule has 0 atom stereocenters. The van der Waals surface area contributed by atoms with E-state index in [-0.39, 0.29) is 6.42 Å². The molecule has 0 saturated carbocycles. The van der Waals surface area contributed by atoms with E-state index in [4.69, 9.17) is 14.3 Å². The Morgan fingerprint density at radius 1 is 1.44 bits per heavy atom. The summed E-state index contributed by atoms with van der Waals surface area (Å²) in [6, 6.07) is 7.70. The summed E-state index contributed by atoms with van der Waals surface area (Å²) in [5, 5.41) is 9.59. The molecule has 4 heteroatoms. The van der Waals surface area contributed by atoms with Gasteiger partial charge in [-0.05, 0) is 25.5 Å². The van der Waals surface area contributed by atoms with Crippen LogP contribution >= 0.6 is 0 Å². The molecular weight excluding hydrogens is 232 g/mol. The van der Waals surface area contributed by atoms with E-state index in [1.165, 1.54) is 0 Å². The molecule has 1 N–H and O–H groups in total. The molecule has 0 amide bonds. The lowest BCUT2D eigenvalue weighted by Gasteiger charge is -2.02. The molecule has 1 aromatic heterocycles. The fourth-order valence-electron chi connectivity index (χ4n) is 1.90. The second-order valence-electron chi connectivity index (χ2n) is 4.07. The Balaban J connectivity index is 2.16. The van der Waals surface area contributed by atoms with Gasteiger partial charge in [0.15, 0.2) is 11.3 Å². The molecule has 1 heterocycles. The molecule has 18 heavy (non-hydrogen) atoms. The molecule has 0 fully saturated rings. The zero-order valence-corrected chi connectivity index (χ0v) is 10.3. The van der Waals surface area contributed by atoms with Crippen LogP contribution in [0.3, 0.4) is 0 Å². The van der Waals surface area contributed by atoms with Crippen LogP contribution in [0.1, 0.15) is 25.5 Å². The molecule has 1 aromatic carbocycles. The van der Waals surface area contributed by atoms with Crippen molar-refractivity contribution in [2.45, 2.75) is 26.2 Å². The molecule has 2 rings (SSSR count). The van der Waals surface area contributed by atoms with Crippen molar-refractivity contribution in [2.75, 3.05) is 6.61 Å². The Kier molecular flexibility index (Phi) is 3.87. The first-order chi connectivity index (χ1) is 8.70. The highest BCUT2D eigenvalue weighted by molar-refractivity contribution is 5.83. The minimum atomic E-state index is -0.777. The van der Waals surface area contributed by atoms with Gasteiger partial charge in [0, 0.05) is 18.2 Å². The minimum Gasteiger partial charge on any atom is -0.490 e. The third-order valence-corrected chi connectivity index (χ3v) is 2.67. The molecule has 0 unspecified atom stereocenters. The van der Waals surface area contributed by atoms with Crippen molar-refractivity contribution in [2.24, 2.45) is 0 Å². The highest BCUT2D eigenvalue weighted by atomic mass is 16.5. The third kappa shape index (κ3) is 2.83. The first-order valence-electron chi connectivity index (χ1n) is 6.06. The van der Waals surface area contributed by atoms with Gasteiger partial charge in [0.1, 0.15) is 5.76 Å². The number of carboxylic acids is 1. The van der Waals surface area contributed by atoms with Crippen LogP contribution in [0.2, 0.25) is 0 Å². The van der Waals surface area contributed by atoms with Gasteiger partial charge in [-0.25, -0.2) is 0 Å². The predicted molar refractivity (Wildman–Crippen MR) is 68.0 cm³/mol. The van der Waals surface area contributed by atoms with E-state index < -0.39 is 5.97 Å². The highest BCUT2D eigenvalue weighted by Crippen LogP contribution is 2.29. The molecular formula is C14H16O4. The number of furan rings is 1. The maximum absolute atomic E-state index is 10.5. The van der Waals surface area contributed by atoms with E-state index in [9.17, 15) is 4.79 Å². The van der Waals surface area contributed by atoms with Gasteiger partial charge in [0.25, 0.3) is 0 Å². The maximum Gasteiger partial charge on any atom is 0.303 e. The van der Waals surface area contributed by atoms with Crippen molar-refractivity contribution in [1.82, 2.24) is 0 Å². The number of hydrogen-bond acceptors (Lipinski definition) is 3. The summed E-state index contributed by atoms with van der Waals surface area (Å²) >= 11 is 0. The quantitative estimate of drug-likeness (QED) is 0.852. The molecule has 0 spiro atoms. The Morgan fingerprint density at radius 2 is 2.28 bits per heavy atom. The maximum atomic E-state index is 10.5. The topological polar surface area (TPSA) is 59.7 Å². The molecule has 96 valence electrons. The van der Waals surface area contributed by atoms with Gasteiger partial charge in [-0.3, -0.25) is 4.79 Å². The van der Waals surface area contributed by atoms with Crippen LogP contribution in [-0.2, 0) is 11.2 Å². The summed E-state index contributed by atoms with van der Waals surface area (Å²) in [6.45, 7) is 2.52. The van der Waals surface area contributed by atoms with Gasteiger partial charge in [-0.15, -0.1) is 0 Å². The summed E-state index contributed by atoms with van der Waals surface area (Å²) in [4.78, 5) is 10.5. The number of benzene rings is 1. The second kappa shape index (κ2) is 5.58. The summed E-state index contributed by atoms with van der Waals surface area (Å²) in [5.74, 6) is 0.763. The van der Waals surface area contributed by atoms with Crippen LogP contribution in [0.25, 0.3) is 11.0 Å². The van der Waals surface area contributed by atoms with Crippen LogP contribution in [-0.4, -0.2) is 17.7 Å². The van der Waals surface area contributed by atoms with E-state index in [0.717, 1.165) is 22.5 Å². The molecule has 0 aliphatic carbocycles. The number of carbonyl (C=O) groups is 1. The van der Waals surface area contributed by atoms with Crippen molar-refractivity contribution in [3.05, 3.63) is 30.0 Å². The largest absolute Gasteiger partial charge is 0.490 e. The minimum absolute atomic E-state index is 0.162. The van der Waals surface area contributed by atoms with Crippen LogP contribution in [0, 0.1) is 0 Å². The second-order valence-corrected chi connectivity index (χ2v) is 4.07. The van der Waals surface area contributed by atoms with E-state index in [1.807, 2.05) is 31.2 Å². The van der Waals surface area contributed by atoms with Crippen molar-refractivity contribution in [3.63, 3.8) is 0 Å². The lowest BCUT2D eigenvalue weighted by molar-refractivity contribution is -0.137. The van der Waals surface area contributed by atoms with E-state index in [0.29, 0.717) is 19.4 Å². The van der Waals surface area contributed by atoms with Gasteiger partial charge in [0.05, 0.1) is 6.61 Å². The van der Waals surface area contributed by atoms with Gasteiger partial charge < -0.3 is 14.3 Å². The van der Waals surface area contributed by atoms with Crippen molar-refractivity contribution >= 4 is 16.9 Å². The van der Waals surface area contributed by atoms with Crippen LogP contribution in [0.4, 0.5) is 0 Å². The molecule has 0 bridgehead atoms. The van der Waals surface area contributed by atoms with Crippen LogP contribution < -0.4 is 4.74 Å². The van der Waals surface area contributed by atoms with Gasteiger partial charge in [-0.1, -0.05) is 12.1 Å². The fourth-order valence-corrected chi connectivity index (χ4v) is 1.90. The number of fused-ring (bicyclic) bond motifs is 1. The number of ether oxygens (including phenoxy) is 1. The Hall–Kier alpha value is -1.97. The van der Waals surface area contributed by atoms with E-state index >= 15 is 0 Å².